The molecule has 0 saturated heterocycles. The van der Waals surface area contributed by atoms with Gasteiger partial charge >= 0.3 is 0 Å². The lowest BCUT2D eigenvalue weighted by atomic mass is 10.0. The van der Waals surface area contributed by atoms with Crippen molar-refractivity contribution in [2.24, 2.45) is 0 Å². The maximum atomic E-state index is 13.9. The Bertz CT molecular complexity index is 459. The number of hydrogen-bond acceptors (Lipinski definition) is 2. The molecule has 4 heteroatoms. The van der Waals surface area contributed by atoms with Crippen LogP contribution in [0.5, 0.6) is 0 Å². The summed E-state index contributed by atoms with van der Waals surface area (Å²) in [4.78, 5) is 0. The Morgan fingerprint density at radius 1 is 1.37 bits per heavy atom. The van der Waals surface area contributed by atoms with Crippen molar-refractivity contribution < 1.29 is 13.5 Å². The van der Waals surface area contributed by atoms with Gasteiger partial charge in [-0.1, -0.05) is 6.92 Å². The van der Waals surface area contributed by atoms with Crippen LogP contribution >= 0.6 is 0 Å². The highest BCUT2D eigenvalue weighted by Crippen LogP contribution is 2.28. The van der Waals surface area contributed by atoms with Gasteiger partial charge in [-0.3, -0.25) is 0 Å². The van der Waals surface area contributed by atoms with E-state index < -0.39 is 17.7 Å². The molecule has 0 fully saturated rings. The Morgan fingerprint density at radius 2 is 2.21 bits per heavy atom. The van der Waals surface area contributed by atoms with E-state index in [9.17, 15) is 8.78 Å². The van der Waals surface area contributed by atoms with E-state index >= 15 is 0 Å². The van der Waals surface area contributed by atoms with Crippen LogP contribution in [0.4, 0.5) is 8.78 Å². The molecule has 1 N–H and O–H groups in total. The second kappa shape index (κ2) is 6.66. The molecule has 0 amide bonds. The fraction of sp³-hybridized carbons (Fsp3) is 0.467. The lowest BCUT2D eigenvalue weighted by molar-refractivity contribution is 0.166. The Labute approximate surface area is 112 Å². The second-order valence-electron chi connectivity index (χ2n) is 4.65. The van der Waals surface area contributed by atoms with Crippen molar-refractivity contribution in [2.75, 3.05) is 13.2 Å². The molecule has 2 rings (SSSR count). The molecule has 1 unspecified atom stereocenters. The molecule has 0 radical (unpaired) electrons. The van der Waals surface area contributed by atoms with Crippen molar-refractivity contribution in [1.29, 1.82) is 0 Å². The van der Waals surface area contributed by atoms with Crippen molar-refractivity contribution in [3.63, 3.8) is 0 Å². The van der Waals surface area contributed by atoms with E-state index in [1.54, 1.807) is 0 Å². The average Bonchev–Trinajstić information content (AvgIpc) is 2.44. The monoisotopic (exact) mass is 267 g/mol. The molecular formula is C15H19F2NO. The minimum Gasteiger partial charge on any atom is -0.496 e. The van der Waals surface area contributed by atoms with Crippen LogP contribution in [0.15, 0.2) is 30.0 Å². The van der Waals surface area contributed by atoms with Crippen LogP contribution in [0.25, 0.3) is 0 Å². The summed E-state index contributed by atoms with van der Waals surface area (Å²) < 4.78 is 32.9. The molecule has 1 aliphatic rings. The lowest BCUT2D eigenvalue weighted by Gasteiger charge is -2.25. The smallest absolute Gasteiger partial charge is 0.128 e. The van der Waals surface area contributed by atoms with Gasteiger partial charge in [0.05, 0.1) is 12.6 Å². The highest BCUT2D eigenvalue weighted by Gasteiger charge is 2.22. The quantitative estimate of drug-likeness (QED) is 0.878. The maximum Gasteiger partial charge on any atom is 0.128 e. The fourth-order valence-corrected chi connectivity index (χ4v) is 2.17. The van der Waals surface area contributed by atoms with Crippen molar-refractivity contribution in [1.82, 2.24) is 5.32 Å². The van der Waals surface area contributed by atoms with Gasteiger partial charge in [0.15, 0.2) is 0 Å². The van der Waals surface area contributed by atoms with Gasteiger partial charge in [-0.15, -0.1) is 0 Å². The van der Waals surface area contributed by atoms with Crippen LogP contribution in [-0.4, -0.2) is 13.2 Å². The van der Waals surface area contributed by atoms with E-state index in [-0.39, 0.29) is 0 Å². The summed E-state index contributed by atoms with van der Waals surface area (Å²) in [7, 11) is 0. The number of hydrogen-bond donors (Lipinski definition) is 1. The number of ether oxygens (including phenoxy) is 1. The first-order valence-corrected chi connectivity index (χ1v) is 6.73. The van der Waals surface area contributed by atoms with Crippen LogP contribution < -0.4 is 5.32 Å². The van der Waals surface area contributed by atoms with Crippen LogP contribution in [0.3, 0.4) is 0 Å². The zero-order valence-electron chi connectivity index (χ0n) is 11.1. The van der Waals surface area contributed by atoms with E-state index in [4.69, 9.17) is 4.74 Å². The third kappa shape index (κ3) is 3.53. The zero-order valence-corrected chi connectivity index (χ0v) is 11.1. The molecule has 1 heterocycles. The van der Waals surface area contributed by atoms with E-state index in [1.807, 2.05) is 13.0 Å². The standard InChI is InChI=1S/C15H19F2NO/c1-2-8-18-15(14-5-3-4-9-19-14)12-10-11(16)6-7-13(12)17/h5-7,10,15,18H,2-4,8-9H2,1H3. The highest BCUT2D eigenvalue weighted by atomic mass is 19.1. The van der Waals surface area contributed by atoms with Gasteiger partial charge in [-0.2, -0.15) is 0 Å². The molecule has 0 spiro atoms. The predicted octanol–water partition coefficient (Wildman–Crippen LogP) is 3.70. The second-order valence-corrected chi connectivity index (χ2v) is 4.65. The topological polar surface area (TPSA) is 21.3 Å². The highest BCUT2D eigenvalue weighted by molar-refractivity contribution is 5.28. The summed E-state index contributed by atoms with van der Waals surface area (Å²) in [6, 6.07) is 3.12. The van der Waals surface area contributed by atoms with Gasteiger partial charge in [0.2, 0.25) is 0 Å². The van der Waals surface area contributed by atoms with Gasteiger partial charge in [-0.25, -0.2) is 8.78 Å². The molecule has 1 aromatic carbocycles. The third-order valence-corrected chi connectivity index (χ3v) is 3.11. The molecule has 0 saturated carbocycles. The Kier molecular flexibility index (Phi) is 4.91. The van der Waals surface area contributed by atoms with Crippen LogP contribution in [-0.2, 0) is 4.74 Å². The van der Waals surface area contributed by atoms with E-state index in [1.165, 1.54) is 6.07 Å². The normalized spacial score (nSPS) is 16.7. The molecule has 19 heavy (non-hydrogen) atoms. The zero-order chi connectivity index (χ0) is 13.7. The molecule has 2 nitrogen and oxygen atoms in total. The number of nitrogens with one attached hydrogen (secondary N) is 1. The predicted molar refractivity (Wildman–Crippen MR) is 70.7 cm³/mol. The average molecular weight is 267 g/mol. The minimum atomic E-state index is -0.434. The first-order valence-electron chi connectivity index (χ1n) is 6.73. The Balaban J connectivity index is 2.30. The van der Waals surface area contributed by atoms with Crippen molar-refractivity contribution >= 4 is 0 Å². The lowest BCUT2D eigenvalue weighted by Crippen LogP contribution is -2.27. The Hall–Kier alpha value is -1.42. The van der Waals surface area contributed by atoms with Gasteiger partial charge in [-0.05, 0) is 50.1 Å². The van der Waals surface area contributed by atoms with Gasteiger partial charge in [0.25, 0.3) is 0 Å². The third-order valence-electron chi connectivity index (χ3n) is 3.11. The first-order chi connectivity index (χ1) is 9.22. The largest absolute Gasteiger partial charge is 0.496 e. The number of allylic oxidation sites excluding steroid dienone is 1. The molecule has 1 aliphatic heterocycles. The first kappa shape index (κ1) is 14.0. The fourth-order valence-electron chi connectivity index (χ4n) is 2.17. The summed E-state index contributed by atoms with van der Waals surface area (Å²) in [5.41, 5.74) is 0.307. The SMILES string of the molecule is CCCNC(C1=CCCCO1)c1cc(F)ccc1F. The van der Waals surface area contributed by atoms with Crippen LogP contribution in [0.2, 0.25) is 0 Å². The van der Waals surface area contributed by atoms with Gasteiger partial charge in [0.1, 0.15) is 17.4 Å². The number of rotatable bonds is 5. The summed E-state index contributed by atoms with van der Waals surface area (Å²) in [6.45, 7) is 3.39. The molecule has 1 aromatic rings. The Morgan fingerprint density at radius 3 is 2.89 bits per heavy atom. The van der Waals surface area contributed by atoms with Crippen LogP contribution in [0.1, 0.15) is 37.8 Å². The van der Waals surface area contributed by atoms with Gasteiger partial charge < -0.3 is 10.1 Å². The van der Waals surface area contributed by atoms with Gasteiger partial charge in [0, 0.05) is 5.56 Å². The molecule has 1 atom stereocenters. The molecular weight excluding hydrogens is 248 g/mol. The van der Waals surface area contributed by atoms with E-state index in [0.717, 1.165) is 37.9 Å². The van der Waals surface area contributed by atoms with E-state index in [0.29, 0.717) is 17.9 Å². The summed E-state index contributed by atoms with van der Waals surface area (Å²) in [5, 5.41) is 3.22. The summed E-state index contributed by atoms with van der Waals surface area (Å²) >= 11 is 0. The van der Waals surface area contributed by atoms with E-state index in [2.05, 4.69) is 5.32 Å². The van der Waals surface area contributed by atoms with Crippen molar-refractivity contribution in [2.45, 2.75) is 32.2 Å². The maximum absolute atomic E-state index is 13.9. The van der Waals surface area contributed by atoms with Crippen molar-refractivity contribution in [3.05, 3.63) is 47.2 Å². The minimum absolute atomic E-state index is 0.307. The van der Waals surface area contributed by atoms with Crippen molar-refractivity contribution in [3.8, 4) is 0 Å². The molecule has 104 valence electrons. The molecule has 0 aromatic heterocycles. The molecule has 0 aliphatic carbocycles. The summed E-state index contributed by atoms with van der Waals surface area (Å²) in [5.74, 6) is -0.148. The van der Waals surface area contributed by atoms with Crippen LogP contribution in [0, 0.1) is 11.6 Å². The summed E-state index contributed by atoms with van der Waals surface area (Å²) in [6.07, 6.45) is 4.76. The number of benzene rings is 1. The number of halogens is 2. The molecule has 0 bridgehead atoms.